The second-order valence-electron chi connectivity index (χ2n) is 5.91. The van der Waals surface area contributed by atoms with Crippen molar-refractivity contribution >= 4 is 5.91 Å². The molecule has 0 aromatic carbocycles. The van der Waals surface area contributed by atoms with Crippen LogP contribution in [0.4, 0.5) is 0 Å². The van der Waals surface area contributed by atoms with Gasteiger partial charge < -0.3 is 14.2 Å². The van der Waals surface area contributed by atoms with Gasteiger partial charge in [-0.1, -0.05) is 0 Å². The standard InChI is InChI=1S/C16H27N3O2/c1-4-21-11-7-15(20)18-9-5-6-14(12-18)16-17-8-10-19(16)13(2)3/h8,10,13-14H,4-7,9,11-12H2,1-3H3/t14-/m1/s1. The minimum atomic E-state index is 0.204. The molecule has 2 heterocycles. The molecular formula is C16H27N3O2. The molecule has 1 aliphatic heterocycles. The average Bonchev–Trinajstić information content (AvgIpc) is 2.97. The van der Waals surface area contributed by atoms with Gasteiger partial charge in [-0.05, 0) is 33.6 Å². The summed E-state index contributed by atoms with van der Waals surface area (Å²) in [6.45, 7) is 9.13. The molecule has 118 valence electrons. The fraction of sp³-hybridized carbons (Fsp3) is 0.750. The first-order valence-corrected chi connectivity index (χ1v) is 8.01. The number of piperidine rings is 1. The summed E-state index contributed by atoms with van der Waals surface area (Å²) in [6, 6.07) is 0.409. The van der Waals surface area contributed by atoms with Gasteiger partial charge >= 0.3 is 0 Å². The summed E-state index contributed by atoms with van der Waals surface area (Å²) in [5, 5.41) is 0. The minimum absolute atomic E-state index is 0.204. The van der Waals surface area contributed by atoms with E-state index in [4.69, 9.17) is 4.74 Å². The lowest BCUT2D eigenvalue weighted by Gasteiger charge is -2.33. The summed E-state index contributed by atoms with van der Waals surface area (Å²) in [6.07, 6.45) is 6.55. The third-order valence-corrected chi connectivity index (χ3v) is 4.06. The van der Waals surface area contributed by atoms with Gasteiger partial charge in [0, 0.05) is 44.0 Å². The van der Waals surface area contributed by atoms with E-state index < -0.39 is 0 Å². The van der Waals surface area contributed by atoms with Crippen LogP contribution in [-0.4, -0.2) is 46.7 Å². The van der Waals surface area contributed by atoms with Crippen molar-refractivity contribution < 1.29 is 9.53 Å². The van der Waals surface area contributed by atoms with E-state index in [1.54, 1.807) is 0 Å². The second kappa shape index (κ2) is 7.59. The van der Waals surface area contributed by atoms with Gasteiger partial charge in [0.05, 0.1) is 13.0 Å². The monoisotopic (exact) mass is 293 g/mol. The van der Waals surface area contributed by atoms with Gasteiger partial charge in [-0.3, -0.25) is 4.79 Å². The van der Waals surface area contributed by atoms with Crippen molar-refractivity contribution in [3.63, 3.8) is 0 Å². The Morgan fingerprint density at radius 2 is 2.33 bits per heavy atom. The summed E-state index contributed by atoms with van der Waals surface area (Å²) < 4.78 is 7.50. The molecule has 1 aromatic rings. The second-order valence-corrected chi connectivity index (χ2v) is 5.91. The van der Waals surface area contributed by atoms with Crippen LogP contribution in [0.15, 0.2) is 12.4 Å². The molecule has 1 amide bonds. The zero-order valence-corrected chi connectivity index (χ0v) is 13.4. The number of amides is 1. The van der Waals surface area contributed by atoms with Crippen LogP contribution in [0.2, 0.25) is 0 Å². The third-order valence-electron chi connectivity index (χ3n) is 4.06. The lowest BCUT2D eigenvalue weighted by atomic mass is 9.96. The van der Waals surface area contributed by atoms with Crippen molar-refractivity contribution in [3.05, 3.63) is 18.2 Å². The van der Waals surface area contributed by atoms with E-state index in [0.717, 1.165) is 31.8 Å². The van der Waals surface area contributed by atoms with Crippen LogP contribution in [0, 0.1) is 0 Å². The largest absolute Gasteiger partial charge is 0.381 e. The molecular weight excluding hydrogens is 266 g/mol. The molecule has 1 atom stereocenters. The van der Waals surface area contributed by atoms with E-state index in [2.05, 4.69) is 23.4 Å². The van der Waals surface area contributed by atoms with Crippen LogP contribution in [0.25, 0.3) is 0 Å². The molecule has 0 N–H and O–H groups in total. The maximum absolute atomic E-state index is 12.2. The maximum atomic E-state index is 12.2. The van der Waals surface area contributed by atoms with E-state index in [1.165, 1.54) is 0 Å². The Balaban J connectivity index is 1.97. The lowest BCUT2D eigenvalue weighted by molar-refractivity contribution is -0.133. The SMILES string of the molecule is CCOCCC(=O)N1CCC[C@@H](c2nccn2C(C)C)C1. The molecule has 2 rings (SSSR count). The molecule has 21 heavy (non-hydrogen) atoms. The highest BCUT2D eigenvalue weighted by atomic mass is 16.5. The highest BCUT2D eigenvalue weighted by molar-refractivity contribution is 5.76. The maximum Gasteiger partial charge on any atom is 0.224 e. The Morgan fingerprint density at radius 1 is 1.52 bits per heavy atom. The molecule has 0 radical (unpaired) electrons. The number of carbonyl (C=O) groups excluding carboxylic acids is 1. The van der Waals surface area contributed by atoms with E-state index >= 15 is 0 Å². The zero-order chi connectivity index (χ0) is 15.2. The summed E-state index contributed by atoms with van der Waals surface area (Å²) in [4.78, 5) is 18.7. The summed E-state index contributed by atoms with van der Waals surface area (Å²) >= 11 is 0. The Hall–Kier alpha value is -1.36. The number of imidazole rings is 1. The van der Waals surface area contributed by atoms with Crippen molar-refractivity contribution in [2.75, 3.05) is 26.3 Å². The number of carbonyl (C=O) groups is 1. The normalized spacial score (nSPS) is 19.2. The smallest absolute Gasteiger partial charge is 0.224 e. The first-order chi connectivity index (χ1) is 10.1. The Labute approximate surface area is 127 Å². The number of hydrogen-bond acceptors (Lipinski definition) is 3. The van der Waals surface area contributed by atoms with Gasteiger partial charge in [0.2, 0.25) is 5.91 Å². The number of aromatic nitrogens is 2. The highest BCUT2D eigenvalue weighted by Gasteiger charge is 2.27. The number of hydrogen-bond donors (Lipinski definition) is 0. The topological polar surface area (TPSA) is 47.4 Å². The quantitative estimate of drug-likeness (QED) is 0.757. The van der Waals surface area contributed by atoms with Crippen LogP contribution in [0.1, 0.15) is 57.8 Å². The number of ether oxygens (including phenoxy) is 1. The van der Waals surface area contributed by atoms with Crippen molar-refractivity contribution in [1.29, 1.82) is 0 Å². The molecule has 5 heteroatoms. The number of likely N-dealkylation sites (tertiary alicyclic amines) is 1. The fourth-order valence-electron chi connectivity index (χ4n) is 2.95. The molecule has 1 fully saturated rings. The Bertz CT molecular complexity index is 456. The van der Waals surface area contributed by atoms with Gasteiger partial charge in [0.25, 0.3) is 0 Å². The zero-order valence-electron chi connectivity index (χ0n) is 13.4. The van der Waals surface area contributed by atoms with Crippen molar-refractivity contribution in [2.45, 2.75) is 52.0 Å². The van der Waals surface area contributed by atoms with Gasteiger partial charge in [-0.15, -0.1) is 0 Å². The molecule has 1 saturated heterocycles. The molecule has 1 aliphatic rings. The lowest BCUT2D eigenvalue weighted by Crippen LogP contribution is -2.40. The predicted octanol–water partition coefficient (Wildman–Crippen LogP) is 2.60. The van der Waals surface area contributed by atoms with Crippen LogP contribution in [0.5, 0.6) is 0 Å². The van der Waals surface area contributed by atoms with Gasteiger partial charge in [-0.2, -0.15) is 0 Å². The summed E-state index contributed by atoms with van der Waals surface area (Å²) in [5.41, 5.74) is 0. The van der Waals surface area contributed by atoms with Crippen molar-refractivity contribution in [1.82, 2.24) is 14.5 Å². The van der Waals surface area contributed by atoms with Gasteiger partial charge in [0.15, 0.2) is 0 Å². The number of rotatable bonds is 6. The Morgan fingerprint density at radius 3 is 3.05 bits per heavy atom. The molecule has 0 bridgehead atoms. The van der Waals surface area contributed by atoms with E-state index in [-0.39, 0.29) is 5.91 Å². The molecule has 0 unspecified atom stereocenters. The van der Waals surface area contributed by atoms with Crippen LogP contribution >= 0.6 is 0 Å². The van der Waals surface area contributed by atoms with Crippen LogP contribution < -0.4 is 0 Å². The van der Waals surface area contributed by atoms with Crippen molar-refractivity contribution in [3.8, 4) is 0 Å². The first kappa shape index (κ1) is 16.0. The Kier molecular flexibility index (Phi) is 5.79. The highest BCUT2D eigenvalue weighted by Crippen LogP contribution is 2.27. The predicted molar refractivity (Wildman–Crippen MR) is 82.3 cm³/mol. The van der Waals surface area contributed by atoms with E-state index in [9.17, 15) is 4.79 Å². The van der Waals surface area contributed by atoms with Gasteiger partial charge in [0.1, 0.15) is 5.82 Å². The van der Waals surface area contributed by atoms with Crippen LogP contribution in [0.3, 0.4) is 0 Å². The molecule has 1 aromatic heterocycles. The van der Waals surface area contributed by atoms with Crippen LogP contribution in [-0.2, 0) is 9.53 Å². The molecule has 0 saturated carbocycles. The molecule has 5 nitrogen and oxygen atoms in total. The fourth-order valence-corrected chi connectivity index (χ4v) is 2.95. The van der Waals surface area contributed by atoms with Crippen molar-refractivity contribution in [2.24, 2.45) is 0 Å². The summed E-state index contributed by atoms with van der Waals surface area (Å²) in [5.74, 6) is 1.68. The van der Waals surface area contributed by atoms with Gasteiger partial charge in [-0.25, -0.2) is 4.98 Å². The first-order valence-electron chi connectivity index (χ1n) is 8.01. The molecule has 0 aliphatic carbocycles. The minimum Gasteiger partial charge on any atom is -0.381 e. The summed E-state index contributed by atoms with van der Waals surface area (Å²) in [7, 11) is 0. The van der Waals surface area contributed by atoms with E-state index in [1.807, 2.05) is 24.2 Å². The third kappa shape index (κ3) is 4.06. The molecule has 0 spiro atoms. The van der Waals surface area contributed by atoms with E-state index in [0.29, 0.717) is 31.6 Å². The number of nitrogens with zero attached hydrogens (tertiary/aromatic N) is 3. The average molecular weight is 293 g/mol.